The van der Waals surface area contributed by atoms with E-state index in [0.717, 1.165) is 32.1 Å². The fourth-order valence-electron chi connectivity index (χ4n) is 8.21. The van der Waals surface area contributed by atoms with E-state index in [1.165, 1.54) is 32.6 Å². The van der Waals surface area contributed by atoms with Gasteiger partial charge in [0.2, 0.25) is 5.91 Å². The van der Waals surface area contributed by atoms with Crippen LogP contribution in [0, 0.1) is 40.4 Å². The second kappa shape index (κ2) is 7.00. The van der Waals surface area contributed by atoms with Crippen LogP contribution in [-0.4, -0.2) is 34.2 Å². The first-order valence-corrected chi connectivity index (χ1v) is 11.3. The van der Waals surface area contributed by atoms with Gasteiger partial charge in [-0.1, -0.05) is 13.8 Å². The van der Waals surface area contributed by atoms with Crippen molar-refractivity contribution in [1.29, 1.82) is 0 Å². The summed E-state index contributed by atoms with van der Waals surface area (Å²) < 4.78 is 0. The summed E-state index contributed by atoms with van der Waals surface area (Å²) >= 11 is 0. The number of aliphatic hydroxyl groups excluding tert-OH is 1. The van der Waals surface area contributed by atoms with Crippen molar-refractivity contribution in [3.05, 3.63) is 0 Å². The summed E-state index contributed by atoms with van der Waals surface area (Å²) in [6.45, 7) is 6.27. The van der Waals surface area contributed by atoms with E-state index in [2.05, 4.69) is 19.2 Å². The molecule has 4 fully saturated rings. The summed E-state index contributed by atoms with van der Waals surface area (Å²) in [6.07, 6.45) is 9.61. The highest BCUT2D eigenvalue weighted by atomic mass is 16.4. The van der Waals surface area contributed by atoms with Crippen LogP contribution < -0.4 is 5.32 Å². The first-order valence-electron chi connectivity index (χ1n) is 11.3. The topological polar surface area (TPSA) is 86.6 Å². The monoisotopic (exact) mass is 391 g/mol. The van der Waals surface area contributed by atoms with E-state index in [1.54, 1.807) is 0 Å². The lowest BCUT2D eigenvalue weighted by Gasteiger charge is -2.60. The molecule has 4 aliphatic carbocycles. The first-order chi connectivity index (χ1) is 13.1. The number of rotatable bonds is 3. The standard InChI is InChI=1S/C23H37NO4/c1-13(25)24-20(21(27)28)14-10-19-17-5-4-15-11-16(26)6-9-23(15,3)18(17)7-8-22(19,2)12-14/h14-20,26H,4-12H2,1-3H3,(H,24,25)(H,27,28)/t14?,15-,16?,17+,18-,19-,20?,22+,23-/m0/s1. The molecule has 4 aliphatic rings. The van der Waals surface area contributed by atoms with E-state index in [1.807, 2.05) is 0 Å². The third-order valence-electron chi connectivity index (χ3n) is 9.54. The Kier molecular flexibility index (Phi) is 5.05. The van der Waals surface area contributed by atoms with Crippen LogP contribution in [0.2, 0.25) is 0 Å². The third-order valence-corrected chi connectivity index (χ3v) is 9.54. The summed E-state index contributed by atoms with van der Waals surface area (Å²) in [5.41, 5.74) is 0.542. The van der Waals surface area contributed by atoms with Gasteiger partial charge < -0.3 is 15.5 Å². The molecular weight excluding hydrogens is 354 g/mol. The molecule has 4 rings (SSSR count). The van der Waals surface area contributed by atoms with Gasteiger partial charge in [0.25, 0.3) is 0 Å². The Morgan fingerprint density at radius 2 is 1.79 bits per heavy atom. The zero-order valence-corrected chi connectivity index (χ0v) is 17.6. The number of carboxylic acids is 1. The van der Waals surface area contributed by atoms with Gasteiger partial charge in [0.1, 0.15) is 6.04 Å². The van der Waals surface area contributed by atoms with Gasteiger partial charge in [0.15, 0.2) is 0 Å². The fraction of sp³-hybridized carbons (Fsp3) is 0.913. The summed E-state index contributed by atoms with van der Waals surface area (Å²) in [6, 6.07) is -0.755. The zero-order chi connectivity index (χ0) is 20.3. The summed E-state index contributed by atoms with van der Waals surface area (Å²) in [5.74, 6) is 1.48. The summed E-state index contributed by atoms with van der Waals surface area (Å²) in [5, 5.41) is 22.6. The maximum absolute atomic E-state index is 11.8. The molecule has 3 unspecified atom stereocenters. The molecule has 0 saturated heterocycles. The van der Waals surface area contributed by atoms with E-state index in [0.29, 0.717) is 29.1 Å². The van der Waals surface area contributed by atoms with Crippen LogP contribution in [-0.2, 0) is 9.59 Å². The third kappa shape index (κ3) is 3.18. The Balaban J connectivity index is 1.56. The van der Waals surface area contributed by atoms with Crippen molar-refractivity contribution in [1.82, 2.24) is 5.32 Å². The molecule has 9 atom stereocenters. The van der Waals surface area contributed by atoms with Crippen molar-refractivity contribution < 1.29 is 19.8 Å². The molecule has 4 saturated carbocycles. The number of hydrogen-bond acceptors (Lipinski definition) is 3. The molecule has 5 heteroatoms. The first kappa shape index (κ1) is 20.2. The number of amides is 1. The molecular formula is C23H37NO4. The number of aliphatic hydroxyl groups is 1. The van der Waals surface area contributed by atoms with Crippen LogP contribution in [0.1, 0.15) is 78.6 Å². The molecule has 0 aromatic rings. The molecule has 1 amide bonds. The quantitative estimate of drug-likeness (QED) is 0.686. The maximum Gasteiger partial charge on any atom is 0.326 e. The van der Waals surface area contributed by atoms with Gasteiger partial charge >= 0.3 is 5.97 Å². The van der Waals surface area contributed by atoms with Crippen LogP contribution in [0.4, 0.5) is 0 Å². The molecule has 158 valence electrons. The van der Waals surface area contributed by atoms with E-state index in [9.17, 15) is 19.8 Å². The summed E-state index contributed by atoms with van der Waals surface area (Å²) in [7, 11) is 0. The van der Waals surface area contributed by atoms with Crippen LogP contribution in [0.15, 0.2) is 0 Å². The molecule has 0 radical (unpaired) electrons. The lowest BCUT2D eigenvalue weighted by atomic mass is 9.45. The Hall–Kier alpha value is -1.10. The maximum atomic E-state index is 11.8. The highest BCUT2D eigenvalue weighted by molar-refractivity contribution is 5.82. The minimum absolute atomic E-state index is 0.0360. The van der Waals surface area contributed by atoms with Gasteiger partial charge in [-0.05, 0) is 98.2 Å². The van der Waals surface area contributed by atoms with Crippen molar-refractivity contribution >= 4 is 11.9 Å². The van der Waals surface area contributed by atoms with Crippen LogP contribution in [0.3, 0.4) is 0 Å². The molecule has 0 aromatic carbocycles. The smallest absolute Gasteiger partial charge is 0.326 e. The fourth-order valence-corrected chi connectivity index (χ4v) is 8.21. The normalized spacial score (nSPS) is 48.7. The van der Waals surface area contributed by atoms with E-state index < -0.39 is 12.0 Å². The number of fused-ring (bicyclic) bond motifs is 5. The van der Waals surface area contributed by atoms with Gasteiger partial charge in [-0.25, -0.2) is 4.79 Å². The molecule has 0 heterocycles. The van der Waals surface area contributed by atoms with Crippen LogP contribution in [0.25, 0.3) is 0 Å². The Bertz CT molecular complexity index is 651. The van der Waals surface area contributed by atoms with Gasteiger partial charge in [-0.2, -0.15) is 0 Å². The lowest BCUT2D eigenvalue weighted by Crippen LogP contribution is -2.53. The zero-order valence-electron chi connectivity index (χ0n) is 17.6. The van der Waals surface area contributed by atoms with Crippen molar-refractivity contribution in [2.75, 3.05) is 0 Å². The Morgan fingerprint density at radius 3 is 2.46 bits per heavy atom. The number of aliphatic carboxylic acids is 1. The number of carbonyl (C=O) groups excluding carboxylic acids is 1. The van der Waals surface area contributed by atoms with Crippen molar-refractivity contribution in [3.63, 3.8) is 0 Å². The molecule has 3 N–H and O–H groups in total. The highest BCUT2D eigenvalue weighted by Crippen LogP contribution is 2.67. The number of hydrogen-bond donors (Lipinski definition) is 3. The van der Waals surface area contributed by atoms with E-state index >= 15 is 0 Å². The van der Waals surface area contributed by atoms with Gasteiger partial charge in [-0.3, -0.25) is 4.79 Å². The van der Waals surface area contributed by atoms with E-state index in [-0.39, 0.29) is 23.3 Å². The average molecular weight is 392 g/mol. The molecule has 0 spiro atoms. The second-order valence-electron chi connectivity index (χ2n) is 11.0. The predicted octanol–water partition coefficient (Wildman–Crippen LogP) is 3.60. The highest BCUT2D eigenvalue weighted by Gasteiger charge is 2.60. The van der Waals surface area contributed by atoms with Crippen molar-refractivity contribution in [2.45, 2.75) is 90.7 Å². The van der Waals surface area contributed by atoms with Crippen LogP contribution in [0.5, 0.6) is 0 Å². The Morgan fingerprint density at radius 1 is 1.04 bits per heavy atom. The number of nitrogens with one attached hydrogen (secondary N) is 1. The van der Waals surface area contributed by atoms with Crippen LogP contribution >= 0.6 is 0 Å². The van der Waals surface area contributed by atoms with Crippen molar-refractivity contribution in [3.8, 4) is 0 Å². The molecule has 0 bridgehead atoms. The molecule has 0 aliphatic heterocycles. The molecule has 0 aromatic heterocycles. The Labute approximate surface area is 168 Å². The number of carbonyl (C=O) groups is 2. The average Bonchev–Trinajstić information content (AvgIpc) is 2.97. The van der Waals surface area contributed by atoms with Gasteiger partial charge in [0, 0.05) is 6.92 Å². The van der Waals surface area contributed by atoms with E-state index in [4.69, 9.17) is 0 Å². The molecule has 5 nitrogen and oxygen atoms in total. The predicted molar refractivity (Wildman–Crippen MR) is 106 cm³/mol. The van der Waals surface area contributed by atoms with Gasteiger partial charge in [0.05, 0.1) is 6.10 Å². The minimum atomic E-state index is -0.893. The molecule has 28 heavy (non-hydrogen) atoms. The number of carboxylic acid groups (broad SMARTS) is 1. The SMILES string of the molecule is CC(=O)NC(C(=O)O)C1C[C@H]2[C@@H]3CC[C@H]4CC(O)CC[C@]4(C)[C@H]3CC[C@]2(C)C1. The lowest BCUT2D eigenvalue weighted by molar-refractivity contribution is -0.143. The van der Waals surface area contributed by atoms with Crippen molar-refractivity contribution in [2.24, 2.45) is 40.4 Å². The second-order valence-corrected chi connectivity index (χ2v) is 11.0. The minimum Gasteiger partial charge on any atom is -0.480 e. The summed E-state index contributed by atoms with van der Waals surface area (Å²) in [4.78, 5) is 23.4. The van der Waals surface area contributed by atoms with Gasteiger partial charge in [-0.15, -0.1) is 0 Å². The largest absolute Gasteiger partial charge is 0.480 e.